The molecule has 0 saturated carbocycles. The summed E-state index contributed by atoms with van der Waals surface area (Å²) in [4.78, 5) is 12.0. The first kappa shape index (κ1) is 16.8. The van der Waals surface area contributed by atoms with E-state index in [1.165, 1.54) is 12.1 Å². The number of aryl methyl sites for hydroxylation is 1. The van der Waals surface area contributed by atoms with Crippen molar-refractivity contribution < 1.29 is 18.7 Å². The van der Waals surface area contributed by atoms with E-state index in [0.717, 1.165) is 11.1 Å². The maximum atomic E-state index is 13.5. The fourth-order valence-corrected chi connectivity index (χ4v) is 2.34. The minimum atomic E-state index is -0.521. The van der Waals surface area contributed by atoms with Crippen molar-refractivity contribution >= 4 is 5.91 Å². The Labute approximate surface area is 135 Å². The summed E-state index contributed by atoms with van der Waals surface area (Å²) in [6, 6.07) is 9.71. The normalized spacial score (nSPS) is 10.3. The largest absolute Gasteiger partial charge is 0.493 e. The lowest BCUT2D eigenvalue weighted by atomic mass is 10.0. The number of rotatable bonds is 6. The van der Waals surface area contributed by atoms with Gasteiger partial charge in [-0.3, -0.25) is 4.79 Å². The lowest BCUT2D eigenvalue weighted by Gasteiger charge is -2.13. The summed E-state index contributed by atoms with van der Waals surface area (Å²) in [5, 5.41) is 2.73. The molecule has 0 aromatic heterocycles. The van der Waals surface area contributed by atoms with Crippen molar-refractivity contribution in [3.05, 3.63) is 58.9 Å². The highest BCUT2D eigenvalue weighted by atomic mass is 19.1. The molecule has 0 aliphatic heterocycles. The van der Waals surface area contributed by atoms with Gasteiger partial charge in [-0.05, 0) is 48.7 Å². The molecule has 1 amide bonds. The van der Waals surface area contributed by atoms with Crippen LogP contribution in [-0.2, 0) is 6.42 Å². The number of carbonyl (C=O) groups excluding carboxylic acids is 1. The fraction of sp³-hybridized carbons (Fsp3) is 0.278. The molecule has 1 N–H and O–H groups in total. The molecule has 122 valence electrons. The highest BCUT2D eigenvalue weighted by Gasteiger charge is 2.11. The van der Waals surface area contributed by atoms with Crippen LogP contribution in [0.5, 0.6) is 11.5 Å². The number of hydrogen-bond donors (Lipinski definition) is 1. The van der Waals surface area contributed by atoms with Gasteiger partial charge in [0, 0.05) is 6.54 Å². The molecular formula is C18H20FNO3. The zero-order chi connectivity index (χ0) is 16.8. The van der Waals surface area contributed by atoms with Crippen LogP contribution in [-0.4, -0.2) is 26.7 Å². The van der Waals surface area contributed by atoms with Crippen LogP contribution in [0.15, 0.2) is 36.4 Å². The summed E-state index contributed by atoms with van der Waals surface area (Å²) in [5.41, 5.74) is 2.14. The van der Waals surface area contributed by atoms with Crippen LogP contribution in [0.1, 0.15) is 21.5 Å². The zero-order valence-corrected chi connectivity index (χ0v) is 13.5. The van der Waals surface area contributed by atoms with Gasteiger partial charge in [-0.2, -0.15) is 0 Å². The number of hydrogen-bond acceptors (Lipinski definition) is 3. The second kappa shape index (κ2) is 7.63. The average molecular weight is 317 g/mol. The summed E-state index contributed by atoms with van der Waals surface area (Å²) in [7, 11) is 3.17. The summed E-state index contributed by atoms with van der Waals surface area (Å²) >= 11 is 0. The molecule has 0 aliphatic carbocycles. The summed E-state index contributed by atoms with van der Waals surface area (Å²) in [6.45, 7) is 2.37. The topological polar surface area (TPSA) is 47.6 Å². The Morgan fingerprint density at radius 1 is 1.13 bits per heavy atom. The second-order valence-electron chi connectivity index (χ2n) is 5.12. The SMILES string of the molecule is COc1cc(C)c(CCNC(=O)c2ccccc2F)cc1OC. The lowest BCUT2D eigenvalue weighted by Crippen LogP contribution is -2.26. The number of halogens is 1. The first-order valence-electron chi connectivity index (χ1n) is 7.31. The summed E-state index contributed by atoms with van der Waals surface area (Å²) < 4.78 is 24.1. The van der Waals surface area contributed by atoms with Crippen molar-refractivity contribution in [2.75, 3.05) is 20.8 Å². The first-order valence-corrected chi connectivity index (χ1v) is 7.31. The Morgan fingerprint density at radius 3 is 2.43 bits per heavy atom. The maximum Gasteiger partial charge on any atom is 0.254 e. The van der Waals surface area contributed by atoms with Crippen molar-refractivity contribution in [2.45, 2.75) is 13.3 Å². The molecule has 0 atom stereocenters. The average Bonchev–Trinajstić information content (AvgIpc) is 2.56. The van der Waals surface area contributed by atoms with E-state index in [1.807, 2.05) is 19.1 Å². The van der Waals surface area contributed by atoms with E-state index < -0.39 is 11.7 Å². The van der Waals surface area contributed by atoms with Crippen molar-refractivity contribution in [3.8, 4) is 11.5 Å². The molecule has 23 heavy (non-hydrogen) atoms. The Balaban J connectivity index is 2.01. The number of benzene rings is 2. The van der Waals surface area contributed by atoms with Gasteiger partial charge in [-0.1, -0.05) is 12.1 Å². The number of carbonyl (C=O) groups is 1. The Bertz CT molecular complexity index is 701. The predicted molar refractivity (Wildman–Crippen MR) is 86.7 cm³/mol. The monoisotopic (exact) mass is 317 g/mol. The van der Waals surface area contributed by atoms with E-state index in [4.69, 9.17) is 9.47 Å². The Hall–Kier alpha value is -2.56. The predicted octanol–water partition coefficient (Wildman–Crippen LogP) is 3.12. The van der Waals surface area contributed by atoms with Gasteiger partial charge in [-0.15, -0.1) is 0 Å². The molecule has 0 saturated heterocycles. The quantitative estimate of drug-likeness (QED) is 0.890. The molecule has 0 fully saturated rings. The molecule has 2 rings (SSSR count). The molecule has 0 spiro atoms. The van der Waals surface area contributed by atoms with Crippen molar-refractivity contribution in [2.24, 2.45) is 0 Å². The van der Waals surface area contributed by atoms with Gasteiger partial charge >= 0.3 is 0 Å². The van der Waals surface area contributed by atoms with E-state index in [-0.39, 0.29) is 5.56 Å². The van der Waals surface area contributed by atoms with Gasteiger partial charge in [0.15, 0.2) is 11.5 Å². The van der Waals surface area contributed by atoms with Gasteiger partial charge in [0.2, 0.25) is 0 Å². The minimum Gasteiger partial charge on any atom is -0.493 e. The fourth-order valence-electron chi connectivity index (χ4n) is 2.34. The van der Waals surface area contributed by atoms with Gasteiger partial charge in [0.1, 0.15) is 5.82 Å². The van der Waals surface area contributed by atoms with Crippen LogP contribution in [0.4, 0.5) is 4.39 Å². The highest BCUT2D eigenvalue weighted by Crippen LogP contribution is 2.30. The lowest BCUT2D eigenvalue weighted by molar-refractivity contribution is 0.0950. The smallest absolute Gasteiger partial charge is 0.254 e. The van der Waals surface area contributed by atoms with Gasteiger partial charge in [0.05, 0.1) is 19.8 Å². The summed E-state index contributed by atoms with van der Waals surface area (Å²) in [5.74, 6) is 0.381. The summed E-state index contributed by atoms with van der Waals surface area (Å²) in [6.07, 6.45) is 0.617. The number of amides is 1. The molecule has 0 bridgehead atoms. The number of nitrogens with one attached hydrogen (secondary N) is 1. The molecule has 0 radical (unpaired) electrons. The van der Waals surface area contributed by atoms with E-state index >= 15 is 0 Å². The maximum absolute atomic E-state index is 13.5. The molecule has 0 heterocycles. The Kier molecular flexibility index (Phi) is 5.57. The zero-order valence-electron chi connectivity index (χ0n) is 13.5. The third-order valence-corrected chi connectivity index (χ3v) is 3.64. The van der Waals surface area contributed by atoms with Crippen molar-refractivity contribution in [1.29, 1.82) is 0 Å². The van der Waals surface area contributed by atoms with Crippen LogP contribution in [0, 0.1) is 12.7 Å². The number of ether oxygens (including phenoxy) is 2. The van der Waals surface area contributed by atoms with Gasteiger partial charge in [0.25, 0.3) is 5.91 Å². The molecule has 5 heteroatoms. The first-order chi connectivity index (χ1) is 11.1. The third-order valence-electron chi connectivity index (χ3n) is 3.64. The van der Waals surface area contributed by atoms with E-state index in [9.17, 15) is 9.18 Å². The third kappa shape index (κ3) is 4.00. The molecule has 4 nitrogen and oxygen atoms in total. The van der Waals surface area contributed by atoms with Crippen LogP contribution in [0.3, 0.4) is 0 Å². The second-order valence-corrected chi connectivity index (χ2v) is 5.12. The highest BCUT2D eigenvalue weighted by molar-refractivity contribution is 5.94. The van der Waals surface area contributed by atoms with Crippen LogP contribution in [0.25, 0.3) is 0 Å². The van der Waals surface area contributed by atoms with Crippen LogP contribution >= 0.6 is 0 Å². The standard InChI is InChI=1S/C18H20FNO3/c1-12-10-16(22-2)17(23-3)11-13(12)8-9-20-18(21)14-6-4-5-7-15(14)19/h4-7,10-11H,8-9H2,1-3H3,(H,20,21). The molecular weight excluding hydrogens is 297 g/mol. The number of methoxy groups -OCH3 is 2. The molecule has 0 unspecified atom stereocenters. The molecule has 0 aliphatic rings. The van der Waals surface area contributed by atoms with Crippen LogP contribution in [0.2, 0.25) is 0 Å². The van der Waals surface area contributed by atoms with Crippen molar-refractivity contribution in [3.63, 3.8) is 0 Å². The van der Waals surface area contributed by atoms with Gasteiger partial charge in [-0.25, -0.2) is 4.39 Å². The molecule has 2 aromatic carbocycles. The minimum absolute atomic E-state index is 0.0523. The van der Waals surface area contributed by atoms with Gasteiger partial charge < -0.3 is 14.8 Å². The van der Waals surface area contributed by atoms with E-state index in [0.29, 0.717) is 24.5 Å². The van der Waals surface area contributed by atoms with E-state index in [2.05, 4.69) is 5.32 Å². The molecule has 2 aromatic rings. The van der Waals surface area contributed by atoms with Crippen LogP contribution < -0.4 is 14.8 Å². The van der Waals surface area contributed by atoms with E-state index in [1.54, 1.807) is 26.4 Å². The van der Waals surface area contributed by atoms with Crippen molar-refractivity contribution in [1.82, 2.24) is 5.32 Å². The Morgan fingerprint density at radius 2 is 1.78 bits per heavy atom.